The Kier molecular flexibility index (Phi) is 11.1. The van der Waals surface area contributed by atoms with Crippen LogP contribution in [0, 0.1) is 0 Å². The SMILES string of the molecule is CC(C)(C)OC(=O)N(CCCC(=O)c1cccc(OCc2ccccc2)c1)N1CCCC1c1cccc(OCc2ccccc2)c1. The normalized spacial score (nSPS) is 14.9. The van der Waals surface area contributed by atoms with E-state index in [0.29, 0.717) is 50.5 Å². The van der Waals surface area contributed by atoms with E-state index >= 15 is 0 Å². The van der Waals surface area contributed by atoms with Gasteiger partial charge in [0.25, 0.3) is 0 Å². The highest BCUT2D eigenvalue weighted by Crippen LogP contribution is 2.35. The molecule has 0 radical (unpaired) electrons. The molecule has 1 aliphatic heterocycles. The molecule has 7 nitrogen and oxygen atoms in total. The molecule has 0 N–H and O–H groups in total. The van der Waals surface area contributed by atoms with E-state index in [0.717, 1.165) is 35.3 Å². The van der Waals surface area contributed by atoms with Crippen molar-refractivity contribution >= 4 is 11.9 Å². The summed E-state index contributed by atoms with van der Waals surface area (Å²) in [6.45, 7) is 7.61. The van der Waals surface area contributed by atoms with Crippen molar-refractivity contribution in [3.8, 4) is 11.5 Å². The topological polar surface area (TPSA) is 68.3 Å². The fourth-order valence-corrected chi connectivity index (χ4v) is 5.60. The van der Waals surface area contributed by atoms with Crippen molar-refractivity contribution in [1.82, 2.24) is 10.0 Å². The number of amides is 1. The van der Waals surface area contributed by atoms with Crippen LogP contribution in [-0.4, -0.2) is 40.6 Å². The number of carbonyl (C=O) groups excluding carboxylic acids is 2. The van der Waals surface area contributed by atoms with E-state index < -0.39 is 11.7 Å². The molecule has 0 saturated carbocycles. The Hall–Kier alpha value is -4.62. The number of hydrogen-bond acceptors (Lipinski definition) is 6. The van der Waals surface area contributed by atoms with Gasteiger partial charge in [-0.05, 0) is 81.0 Å². The molecule has 4 aromatic carbocycles. The Balaban J connectivity index is 1.24. The van der Waals surface area contributed by atoms with E-state index in [2.05, 4.69) is 17.1 Å². The summed E-state index contributed by atoms with van der Waals surface area (Å²) in [5.74, 6) is 1.45. The van der Waals surface area contributed by atoms with E-state index in [1.807, 2.05) is 112 Å². The Bertz CT molecular complexity index is 1570. The third-order valence-corrected chi connectivity index (χ3v) is 7.81. The first kappa shape index (κ1) is 32.8. The minimum Gasteiger partial charge on any atom is -0.489 e. The van der Waals surface area contributed by atoms with Gasteiger partial charge in [0.15, 0.2) is 5.78 Å². The second kappa shape index (κ2) is 15.6. The maximum atomic E-state index is 13.6. The largest absolute Gasteiger partial charge is 0.489 e. The summed E-state index contributed by atoms with van der Waals surface area (Å²) in [6.07, 6.45) is 2.23. The second-order valence-electron chi connectivity index (χ2n) is 12.6. The third kappa shape index (κ3) is 9.44. The van der Waals surface area contributed by atoms with Crippen molar-refractivity contribution < 1.29 is 23.8 Å². The molecule has 0 aromatic heterocycles. The summed E-state index contributed by atoms with van der Waals surface area (Å²) in [6, 6.07) is 35.4. The summed E-state index contributed by atoms with van der Waals surface area (Å²) in [5, 5.41) is 3.81. The number of ketones is 1. The van der Waals surface area contributed by atoms with Gasteiger partial charge in [0.2, 0.25) is 0 Å². The van der Waals surface area contributed by atoms with E-state index in [1.54, 1.807) is 11.1 Å². The molecule has 5 rings (SSSR count). The lowest BCUT2D eigenvalue weighted by molar-refractivity contribution is -0.0588. The lowest BCUT2D eigenvalue weighted by Gasteiger charge is -2.37. The van der Waals surface area contributed by atoms with Crippen molar-refractivity contribution in [2.24, 2.45) is 0 Å². The lowest BCUT2D eigenvalue weighted by atomic mass is 10.0. The highest BCUT2D eigenvalue weighted by Gasteiger charge is 2.35. The van der Waals surface area contributed by atoms with Crippen molar-refractivity contribution in [3.63, 3.8) is 0 Å². The molecule has 0 aliphatic carbocycles. The minimum absolute atomic E-state index is 0.00976. The van der Waals surface area contributed by atoms with E-state index in [-0.39, 0.29) is 11.8 Å². The number of benzene rings is 4. The van der Waals surface area contributed by atoms with Crippen LogP contribution in [0.4, 0.5) is 4.79 Å². The molecule has 240 valence electrons. The summed E-state index contributed by atoms with van der Waals surface area (Å²) in [5.41, 5.74) is 3.20. The predicted molar refractivity (Wildman–Crippen MR) is 180 cm³/mol. The zero-order valence-electron chi connectivity index (χ0n) is 27.1. The lowest BCUT2D eigenvalue weighted by Crippen LogP contribution is -2.48. The van der Waals surface area contributed by atoms with Crippen molar-refractivity contribution in [2.75, 3.05) is 13.1 Å². The first-order chi connectivity index (χ1) is 22.2. The second-order valence-corrected chi connectivity index (χ2v) is 12.6. The summed E-state index contributed by atoms with van der Waals surface area (Å²) >= 11 is 0. The molecule has 7 heteroatoms. The van der Waals surface area contributed by atoms with Gasteiger partial charge in [0.05, 0.1) is 6.04 Å². The maximum absolute atomic E-state index is 13.6. The summed E-state index contributed by atoms with van der Waals surface area (Å²) in [4.78, 5) is 26.8. The average molecular weight is 621 g/mol. The van der Waals surface area contributed by atoms with Crippen LogP contribution >= 0.6 is 0 Å². The van der Waals surface area contributed by atoms with Crippen molar-refractivity contribution in [1.29, 1.82) is 0 Å². The molecule has 0 spiro atoms. The first-order valence-corrected chi connectivity index (χ1v) is 16.1. The number of nitrogens with zero attached hydrogens (tertiary/aromatic N) is 2. The Morgan fingerprint density at radius 2 is 1.39 bits per heavy atom. The van der Waals surface area contributed by atoms with Crippen LogP contribution in [0.15, 0.2) is 109 Å². The fourth-order valence-electron chi connectivity index (χ4n) is 5.60. The Labute approximate surface area is 272 Å². The zero-order valence-corrected chi connectivity index (χ0v) is 27.1. The third-order valence-electron chi connectivity index (χ3n) is 7.81. The number of carbonyl (C=O) groups is 2. The van der Waals surface area contributed by atoms with Crippen LogP contribution in [0.2, 0.25) is 0 Å². The van der Waals surface area contributed by atoms with E-state index in [1.165, 1.54) is 0 Å². The molecule has 1 unspecified atom stereocenters. The monoisotopic (exact) mass is 620 g/mol. The molecule has 0 bridgehead atoms. The highest BCUT2D eigenvalue weighted by atomic mass is 16.6. The smallest absolute Gasteiger partial charge is 0.424 e. The van der Waals surface area contributed by atoms with Crippen molar-refractivity contribution in [2.45, 2.75) is 71.3 Å². The number of rotatable bonds is 13. The quantitative estimate of drug-likeness (QED) is 0.139. The van der Waals surface area contributed by atoms with Gasteiger partial charge in [-0.2, -0.15) is 0 Å². The van der Waals surface area contributed by atoms with E-state index in [9.17, 15) is 9.59 Å². The zero-order chi connectivity index (χ0) is 32.4. The summed E-state index contributed by atoms with van der Waals surface area (Å²) < 4.78 is 17.9. The maximum Gasteiger partial charge on any atom is 0.424 e. The van der Waals surface area contributed by atoms with Crippen LogP contribution in [0.3, 0.4) is 0 Å². The van der Waals surface area contributed by atoms with Gasteiger partial charge < -0.3 is 14.2 Å². The molecule has 1 amide bonds. The van der Waals surface area contributed by atoms with Crippen molar-refractivity contribution in [3.05, 3.63) is 131 Å². The van der Waals surface area contributed by atoms with Crippen LogP contribution in [0.1, 0.15) is 79.5 Å². The van der Waals surface area contributed by atoms with Gasteiger partial charge >= 0.3 is 6.09 Å². The molecular weight excluding hydrogens is 576 g/mol. The molecule has 1 aliphatic rings. The number of hydrogen-bond donors (Lipinski definition) is 0. The van der Waals surface area contributed by atoms with Gasteiger partial charge in [-0.3, -0.25) is 4.79 Å². The fraction of sp³-hybridized carbons (Fsp3) is 0.333. The molecule has 1 saturated heterocycles. The highest BCUT2D eigenvalue weighted by molar-refractivity contribution is 5.96. The van der Waals surface area contributed by atoms with Gasteiger partial charge in [-0.25, -0.2) is 14.8 Å². The van der Waals surface area contributed by atoms with Crippen LogP contribution < -0.4 is 9.47 Å². The molecule has 1 fully saturated rings. The van der Waals surface area contributed by atoms with Crippen LogP contribution in [0.25, 0.3) is 0 Å². The number of Topliss-reactive ketones (excluding diaryl/α,β-unsaturated/α-hetero) is 1. The standard InChI is InChI=1S/C39H44N2O5/c1-39(2,3)46-38(43)41(25-13-23-37(42)33-19-11-21-35(27-33)45-29-31-16-8-5-9-17-31)40-24-12-22-36(40)32-18-10-20-34(26-32)44-28-30-14-6-4-7-15-30/h4-11,14-21,26-27,36H,12-13,22-25,28-29H2,1-3H3. The molecule has 1 heterocycles. The van der Waals surface area contributed by atoms with Gasteiger partial charge in [-0.15, -0.1) is 0 Å². The predicted octanol–water partition coefficient (Wildman–Crippen LogP) is 8.80. The van der Waals surface area contributed by atoms with Gasteiger partial charge in [0.1, 0.15) is 30.3 Å². The molecular formula is C39H44N2O5. The molecule has 46 heavy (non-hydrogen) atoms. The van der Waals surface area contributed by atoms with Crippen LogP contribution in [0.5, 0.6) is 11.5 Å². The molecule has 4 aromatic rings. The van der Waals surface area contributed by atoms with E-state index in [4.69, 9.17) is 14.2 Å². The number of hydrazine groups is 1. The Morgan fingerprint density at radius 3 is 2.02 bits per heavy atom. The van der Waals surface area contributed by atoms with Gasteiger partial charge in [-0.1, -0.05) is 84.9 Å². The summed E-state index contributed by atoms with van der Waals surface area (Å²) in [7, 11) is 0. The average Bonchev–Trinajstić information content (AvgIpc) is 3.55. The number of ether oxygens (including phenoxy) is 3. The molecule has 1 atom stereocenters. The first-order valence-electron chi connectivity index (χ1n) is 16.1. The minimum atomic E-state index is -0.647. The van der Waals surface area contributed by atoms with Crippen LogP contribution in [-0.2, 0) is 18.0 Å². The Morgan fingerprint density at radius 1 is 0.783 bits per heavy atom. The van der Waals surface area contributed by atoms with Gasteiger partial charge in [0, 0.05) is 25.1 Å².